The molecule has 0 saturated carbocycles. The molecule has 4 rings (SSSR count). The number of amides is 1. The van der Waals surface area contributed by atoms with E-state index in [-0.39, 0.29) is 11.7 Å². The van der Waals surface area contributed by atoms with Gasteiger partial charge in [0, 0.05) is 22.9 Å². The minimum absolute atomic E-state index is 0.253. The Morgan fingerprint density at radius 1 is 1.23 bits per heavy atom. The summed E-state index contributed by atoms with van der Waals surface area (Å²) in [5.41, 5.74) is 3.18. The molecule has 4 nitrogen and oxygen atoms in total. The quantitative estimate of drug-likeness (QED) is 0.566. The van der Waals surface area contributed by atoms with Gasteiger partial charge in [-0.3, -0.25) is 10.1 Å². The summed E-state index contributed by atoms with van der Waals surface area (Å²) >= 11 is 1.40. The summed E-state index contributed by atoms with van der Waals surface area (Å²) in [5.74, 6) is -0.509. The van der Waals surface area contributed by atoms with Crippen molar-refractivity contribution in [1.82, 2.24) is 4.98 Å². The van der Waals surface area contributed by atoms with E-state index in [1.807, 2.05) is 26.0 Å². The zero-order valence-corrected chi connectivity index (χ0v) is 14.8. The Kier molecular flexibility index (Phi) is 4.30. The maximum atomic E-state index is 13.0. The molecule has 1 amide bonds. The number of aromatic nitrogens is 1. The number of furan rings is 1. The second kappa shape index (κ2) is 6.76. The van der Waals surface area contributed by atoms with Crippen LogP contribution in [0.2, 0.25) is 0 Å². The summed E-state index contributed by atoms with van der Waals surface area (Å²) < 4.78 is 18.5. The number of anilines is 1. The van der Waals surface area contributed by atoms with Gasteiger partial charge in [0.2, 0.25) is 0 Å². The Hall–Kier alpha value is -2.93. The largest absolute Gasteiger partial charge is 0.464 e. The molecule has 26 heavy (non-hydrogen) atoms. The first-order valence-corrected chi connectivity index (χ1v) is 8.89. The van der Waals surface area contributed by atoms with Crippen molar-refractivity contribution >= 4 is 46.7 Å². The van der Waals surface area contributed by atoms with Crippen molar-refractivity contribution in [2.45, 2.75) is 6.42 Å². The van der Waals surface area contributed by atoms with Crippen molar-refractivity contribution in [3.8, 4) is 0 Å². The third kappa shape index (κ3) is 3.26. The number of benzene rings is 2. The van der Waals surface area contributed by atoms with Crippen molar-refractivity contribution in [2.24, 2.45) is 0 Å². The van der Waals surface area contributed by atoms with Crippen LogP contribution in [-0.2, 0) is 6.42 Å². The second-order valence-electron chi connectivity index (χ2n) is 5.99. The Labute approximate surface area is 154 Å². The molecule has 2 aromatic carbocycles. The SMILES string of the molecule is Bc1cccc2c(C(=O)Nc3ncc(Cc4ccc(F)cc4)s3)coc12. The summed E-state index contributed by atoms with van der Waals surface area (Å²) in [6.07, 6.45) is 3.84. The summed E-state index contributed by atoms with van der Waals surface area (Å²) in [5, 5.41) is 4.12. The highest BCUT2D eigenvalue weighted by Crippen LogP contribution is 2.24. The van der Waals surface area contributed by atoms with Gasteiger partial charge in [-0.1, -0.05) is 30.3 Å². The van der Waals surface area contributed by atoms with E-state index in [9.17, 15) is 9.18 Å². The molecule has 4 aromatic rings. The van der Waals surface area contributed by atoms with Crippen LogP contribution in [0.15, 0.2) is 59.3 Å². The van der Waals surface area contributed by atoms with Crippen molar-refractivity contribution in [2.75, 3.05) is 5.32 Å². The molecule has 1 N–H and O–H groups in total. The van der Waals surface area contributed by atoms with Gasteiger partial charge in [-0.2, -0.15) is 0 Å². The molecule has 0 unspecified atom stereocenters. The molecule has 128 valence electrons. The maximum Gasteiger partial charge on any atom is 0.261 e. The lowest BCUT2D eigenvalue weighted by molar-refractivity contribution is 0.102. The van der Waals surface area contributed by atoms with Crippen molar-refractivity contribution in [3.63, 3.8) is 0 Å². The smallest absolute Gasteiger partial charge is 0.261 e. The normalized spacial score (nSPS) is 11.0. The third-order valence-electron chi connectivity index (χ3n) is 4.11. The number of carbonyl (C=O) groups is 1. The molecule has 0 saturated heterocycles. The van der Waals surface area contributed by atoms with E-state index in [0.717, 1.165) is 21.3 Å². The monoisotopic (exact) mass is 364 g/mol. The summed E-state index contributed by atoms with van der Waals surface area (Å²) in [4.78, 5) is 17.8. The molecular weight excluding hydrogens is 350 g/mol. The molecule has 0 aliphatic carbocycles. The first-order valence-electron chi connectivity index (χ1n) is 8.07. The molecule has 0 aliphatic rings. The molecule has 0 atom stereocenters. The summed E-state index contributed by atoms with van der Waals surface area (Å²) in [7, 11) is 1.94. The zero-order chi connectivity index (χ0) is 18.1. The van der Waals surface area contributed by atoms with E-state index in [4.69, 9.17) is 4.42 Å². The fraction of sp³-hybridized carbons (Fsp3) is 0.0526. The minimum Gasteiger partial charge on any atom is -0.464 e. The lowest BCUT2D eigenvalue weighted by Gasteiger charge is -2.00. The van der Waals surface area contributed by atoms with Crippen LogP contribution in [0.4, 0.5) is 9.52 Å². The number of hydrogen-bond acceptors (Lipinski definition) is 4. The Balaban J connectivity index is 1.50. The van der Waals surface area contributed by atoms with E-state index in [0.29, 0.717) is 22.7 Å². The predicted octanol–water partition coefficient (Wildman–Crippen LogP) is 3.13. The Morgan fingerprint density at radius 2 is 2.04 bits per heavy atom. The Bertz CT molecular complexity index is 1090. The number of carbonyl (C=O) groups excluding carboxylic acids is 1. The number of fused-ring (bicyclic) bond motifs is 1. The lowest BCUT2D eigenvalue weighted by Crippen LogP contribution is -2.11. The molecule has 0 aliphatic heterocycles. The average molecular weight is 364 g/mol. The number of halogens is 1. The van der Waals surface area contributed by atoms with Gasteiger partial charge in [0.1, 0.15) is 25.5 Å². The van der Waals surface area contributed by atoms with Crippen LogP contribution < -0.4 is 10.8 Å². The second-order valence-corrected chi connectivity index (χ2v) is 7.11. The molecule has 0 fully saturated rings. The van der Waals surface area contributed by atoms with E-state index in [1.165, 1.54) is 29.7 Å². The molecule has 7 heteroatoms. The van der Waals surface area contributed by atoms with Crippen LogP contribution >= 0.6 is 11.3 Å². The standard InChI is InChI=1S/C19H14BFN2O2S/c20-16-3-1-2-14-15(10-25-17(14)16)18(24)23-19-22-9-13(26-19)8-11-4-6-12(21)7-5-11/h1-7,9-10H,8,20H2,(H,22,23,24). The zero-order valence-electron chi connectivity index (χ0n) is 14.0. The fourth-order valence-electron chi connectivity index (χ4n) is 2.79. The molecule has 0 radical (unpaired) electrons. The van der Waals surface area contributed by atoms with Gasteiger partial charge in [0.05, 0.1) is 5.56 Å². The van der Waals surface area contributed by atoms with Crippen LogP contribution in [0.3, 0.4) is 0 Å². The lowest BCUT2D eigenvalue weighted by atomic mass is 9.94. The summed E-state index contributed by atoms with van der Waals surface area (Å²) in [6, 6.07) is 12.1. The van der Waals surface area contributed by atoms with Gasteiger partial charge in [-0.15, -0.1) is 11.3 Å². The van der Waals surface area contributed by atoms with E-state index < -0.39 is 0 Å². The van der Waals surface area contributed by atoms with Gasteiger partial charge in [-0.25, -0.2) is 9.37 Å². The van der Waals surface area contributed by atoms with E-state index in [2.05, 4.69) is 10.3 Å². The van der Waals surface area contributed by atoms with Gasteiger partial charge < -0.3 is 4.42 Å². The number of hydrogen-bond donors (Lipinski definition) is 1. The van der Waals surface area contributed by atoms with Crippen LogP contribution in [0.25, 0.3) is 11.0 Å². The highest BCUT2D eigenvalue weighted by atomic mass is 32.1. The minimum atomic E-state index is -0.256. The molecule has 0 bridgehead atoms. The van der Waals surface area contributed by atoms with Gasteiger partial charge >= 0.3 is 0 Å². The van der Waals surface area contributed by atoms with Gasteiger partial charge in [0.15, 0.2) is 5.13 Å². The molecule has 2 aromatic heterocycles. The highest BCUT2D eigenvalue weighted by Gasteiger charge is 2.16. The molecular formula is C19H14BFN2O2S. The molecule has 0 spiro atoms. The predicted molar refractivity (Wildman–Crippen MR) is 104 cm³/mol. The van der Waals surface area contributed by atoms with Crippen LogP contribution in [0.1, 0.15) is 20.8 Å². The summed E-state index contributed by atoms with van der Waals surface area (Å²) in [6.45, 7) is 0. The number of nitrogens with one attached hydrogen (secondary N) is 1. The van der Waals surface area contributed by atoms with Gasteiger partial charge in [-0.05, 0) is 23.2 Å². The van der Waals surface area contributed by atoms with Crippen LogP contribution in [-0.4, -0.2) is 18.7 Å². The van der Waals surface area contributed by atoms with Crippen molar-refractivity contribution in [1.29, 1.82) is 0 Å². The number of para-hydroxylation sites is 1. The van der Waals surface area contributed by atoms with E-state index in [1.54, 1.807) is 18.3 Å². The molecule has 2 heterocycles. The first kappa shape index (κ1) is 16.5. The van der Waals surface area contributed by atoms with Gasteiger partial charge in [0.25, 0.3) is 5.91 Å². The fourth-order valence-corrected chi connectivity index (χ4v) is 3.63. The van der Waals surface area contributed by atoms with Crippen molar-refractivity contribution < 1.29 is 13.6 Å². The van der Waals surface area contributed by atoms with Crippen LogP contribution in [0.5, 0.6) is 0 Å². The number of nitrogens with zero attached hydrogens (tertiary/aromatic N) is 1. The van der Waals surface area contributed by atoms with Crippen molar-refractivity contribution in [3.05, 3.63) is 76.7 Å². The topological polar surface area (TPSA) is 55.1 Å². The average Bonchev–Trinajstić information content (AvgIpc) is 3.24. The third-order valence-corrected chi connectivity index (χ3v) is 5.02. The van der Waals surface area contributed by atoms with Crippen LogP contribution in [0, 0.1) is 5.82 Å². The Morgan fingerprint density at radius 3 is 2.85 bits per heavy atom. The van der Waals surface area contributed by atoms with E-state index >= 15 is 0 Å². The number of thiazole rings is 1. The highest BCUT2D eigenvalue weighted by molar-refractivity contribution is 7.15. The number of rotatable bonds is 4. The maximum absolute atomic E-state index is 13.0. The first-order chi connectivity index (χ1) is 12.6.